The summed E-state index contributed by atoms with van der Waals surface area (Å²) in [5, 5.41) is 0. The van der Waals surface area contributed by atoms with Crippen LogP contribution in [0.5, 0.6) is 5.75 Å². The third-order valence-corrected chi connectivity index (χ3v) is 6.41. The van der Waals surface area contributed by atoms with E-state index in [9.17, 15) is 0 Å². The SMILES string of the molecule is CCCCCCCC=Cc1ccc(OCc2ccc(CCCCCCCCCC)cc2)cc1. The Balaban J connectivity index is 1.59. The maximum Gasteiger partial charge on any atom is 0.119 e. The van der Waals surface area contributed by atoms with Gasteiger partial charge in [-0.2, -0.15) is 0 Å². The van der Waals surface area contributed by atoms with E-state index >= 15 is 0 Å². The molecule has 0 saturated heterocycles. The Morgan fingerprint density at radius 3 is 1.76 bits per heavy atom. The third kappa shape index (κ3) is 13.3. The normalized spacial score (nSPS) is 11.3. The zero-order valence-electron chi connectivity index (χ0n) is 21.5. The monoisotopic (exact) mass is 448 g/mol. The van der Waals surface area contributed by atoms with Crippen molar-refractivity contribution in [3.63, 3.8) is 0 Å². The van der Waals surface area contributed by atoms with E-state index in [0.29, 0.717) is 6.61 Å². The van der Waals surface area contributed by atoms with Crippen LogP contribution in [0.2, 0.25) is 0 Å². The lowest BCUT2D eigenvalue weighted by Crippen LogP contribution is -1.96. The molecule has 2 aromatic rings. The quantitative estimate of drug-likeness (QED) is 0.194. The van der Waals surface area contributed by atoms with Crippen LogP contribution in [0.25, 0.3) is 6.08 Å². The van der Waals surface area contributed by atoms with Gasteiger partial charge in [-0.05, 0) is 54.5 Å². The number of benzene rings is 2. The van der Waals surface area contributed by atoms with Gasteiger partial charge in [-0.3, -0.25) is 0 Å². The minimum atomic E-state index is 0.630. The minimum absolute atomic E-state index is 0.630. The number of unbranched alkanes of at least 4 members (excludes halogenated alkanes) is 12. The molecule has 0 fully saturated rings. The molecule has 0 amide bonds. The zero-order chi connectivity index (χ0) is 23.4. The third-order valence-electron chi connectivity index (χ3n) is 6.41. The summed E-state index contributed by atoms with van der Waals surface area (Å²) in [5.74, 6) is 0.940. The van der Waals surface area contributed by atoms with Crippen LogP contribution in [-0.4, -0.2) is 0 Å². The molecule has 0 unspecified atom stereocenters. The number of ether oxygens (including phenoxy) is 1. The molecule has 0 aromatic heterocycles. The molecule has 182 valence electrons. The summed E-state index contributed by atoms with van der Waals surface area (Å²) in [7, 11) is 0. The van der Waals surface area contributed by atoms with Crippen molar-refractivity contribution in [2.24, 2.45) is 0 Å². The predicted molar refractivity (Wildman–Crippen MR) is 146 cm³/mol. The number of rotatable bonds is 19. The van der Waals surface area contributed by atoms with Crippen LogP contribution in [0, 0.1) is 0 Å². The standard InChI is InChI=1S/C32H48O/c1-3-5-7-9-11-13-15-16-18-29-20-22-31(23-21-29)28-33-32-26-24-30(25-27-32)19-17-14-12-10-8-6-4-2/h17,19-27H,3-16,18,28H2,1-2H3. The summed E-state index contributed by atoms with van der Waals surface area (Å²) in [6.07, 6.45) is 24.7. The van der Waals surface area contributed by atoms with Gasteiger partial charge in [-0.25, -0.2) is 0 Å². The molecule has 2 rings (SSSR count). The van der Waals surface area contributed by atoms with Gasteiger partial charge in [-0.15, -0.1) is 0 Å². The highest BCUT2D eigenvalue weighted by Crippen LogP contribution is 2.17. The lowest BCUT2D eigenvalue weighted by atomic mass is 10.0. The Hall–Kier alpha value is -2.02. The molecule has 33 heavy (non-hydrogen) atoms. The maximum atomic E-state index is 6.00. The van der Waals surface area contributed by atoms with Gasteiger partial charge in [0.2, 0.25) is 0 Å². The van der Waals surface area contributed by atoms with Crippen molar-refractivity contribution in [3.8, 4) is 5.75 Å². The fourth-order valence-electron chi connectivity index (χ4n) is 4.19. The minimum Gasteiger partial charge on any atom is -0.489 e. The number of hydrogen-bond acceptors (Lipinski definition) is 1. The van der Waals surface area contributed by atoms with Crippen LogP contribution in [-0.2, 0) is 13.0 Å². The van der Waals surface area contributed by atoms with E-state index in [0.717, 1.165) is 5.75 Å². The van der Waals surface area contributed by atoms with Crippen LogP contribution in [0.3, 0.4) is 0 Å². The molecular weight excluding hydrogens is 400 g/mol. The van der Waals surface area contributed by atoms with Crippen molar-refractivity contribution < 1.29 is 4.74 Å². The molecule has 0 aliphatic carbocycles. The molecule has 1 heteroatoms. The molecule has 0 aliphatic rings. The van der Waals surface area contributed by atoms with E-state index in [4.69, 9.17) is 4.74 Å². The molecule has 2 aromatic carbocycles. The van der Waals surface area contributed by atoms with Crippen molar-refractivity contribution in [1.82, 2.24) is 0 Å². The summed E-state index contributed by atoms with van der Waals surface area (Å²) >= 11 is 0. The second kappa shape index (κ2) is 18.4. The second-order valence-electron chi connectivity index (χ2n) is 9.50. The van der Waals surface area contributed by atoms with E-state index < -0.39 is 0 Å². The first-order chi connectivity index (χ1) is 16.3. The molecule has 0 bridgehead atoms. The maximum absolute atomic E-state index is 6.00. The second-order valence-corrected chi connectivity index (χ2v) is 9.50. The summed E-state index contributed by atoms with van der Waals surface area (Å²) < 4.78 is 6.00. The molecule has 0 heterocycles. The Kier molecular flexibility index (Phi) is 15.2. The van der Waals surface area contributed by atoms with Gasteiger partial charge < -0.3 is 4.74 Å². The Bertz CT molecular complexity index is 726. The van der Waals surface area contributed by atoms with Gasteiger partial charge in [0.15, 0.2) is 0 Å². The molecule has 0 aliphatic heterocycles. The van der Waals surface area contributed by atoms with Crippen molar-refractivity contribution in [2.75, 3.05) is 0 Å². The molecule has 0 N–H and O–H groups in total. The zero-order valence-corrected chi connectivity index (χ0v) is 21.5. The average molecular weight is 449 g/mol. The van der Waals surface area contributed by atoms with Gasteiger partial charge in [0, 0.05) is 0 Å². The molecule has 0 spiro atoms. The van der Waals surface area contributed by atoms with Crippen LogP contribution in [0.4, 0.5) is 0 Å². The highest BCUT2D eigenvalue weighted by Gasteiger charge is 1.99. The Morgan fingerprint density at radius 1 is 0.576 bits per heavy atom. The fraction of sp³-hybridized carbons (Fsp3) is 0.562. The van der Waals surface area contributed by atoms with Crippen LogP contribution >= 0.6 is 0 Å². The van der Waals surface area contributed by atoms with E-state index in [1.165, 1.54) is 113 Å². The summed E-state index contributed by atoms with van der Waals surface area (Å²) in [6.45, 7) is 5.18. The number of hydrogen-bond donors (Lipinski definition) is 0. The first-order valence-electron chi connectivity index (χ1n) is 13.8. The summed E-state index contributed by atoms with van der Waals surface area (Å²) in [4.78, 5) is 0. The van der Waals surface area contributed by atoms with Crippen molar-refractivity contribution >= 4 is 6.08 Å². The fourth-order valence-corrected chi connectivity index (χ4v) is 4.19. The number of aryl methyl sites for hydroxylation is 1. The number of allylic oxidation sites excluding steroid dienone is 1. The lowest BCUT2D eigenvalue weighted by Gasteiger charge is -2.08. The van der Waals surface area contributed by atoms with Crippen molar-refractivity contribution in [2.45, 2.75) is 117 Å². The summed E-state index contributed by atoms with van der Waals surface area (Å²) in [5.41, 5.74) is 3.94. The van der Waals surface area contributed by atoms with Crippen LogP contribution < -0.4 is 4.74 Å². The Morgan fingerprint density at radius 2 is 1.12 bits per heavy atom. The lowest BCUT2D eigenvalue weighted by molar-refractivity contribution is 0.306. The van der Waals surface area contributed by atoms with Crippen molar-refractivity contribution in [3.05, 3.63) is 71.3 Å². The van der Waals surface area contributed by atoms with Crippen LogP contribution in [0.1, 0.15) is 120 Å². The molecule has 0 saturated carbocycles. The topological polar surface area (TPSA) is 9.23 Å². The molecule has 0 atom stereocenters. The van der Waals surface area contributed by atoms with Crippen molar-refractivity contribution in [1.29, 1.82) is 0 Å². The summed E-state index contributed by atoms with van der Waals surface area (Å²) in [6, 6.07) is 17.4. The molecule has 1 nitrogen and oxygen atoms in total. The van der Waals surface area contributed by atoms with Gasteiger partial charge in [0.1, 0.15) is 12.4 Å². The Labute approximate surface area is 204 Å². The largest absolute Gasteiger partial charge is 0.489 e. The first-order valence-corrected chi connectivity index (χ1v) is 13.8. The average Bonchev–Trinajstić information content (AvgIpc) is 2.85. The van der Waals surface area contributed by atoms with Gasteiger partial charge in [0.05, 0.1) is 0 Å². The first kappa shape index (κ1) is 27.2. The molecular formula is C32H48O. The highest BCUT2D eigenvalue weighted by atomic mass is 16.5. The predicted octanol–water partition coefficient (Wildman–Crippen LogP) is 10.3. The van der Waals surface area contributed by atoms with E-state index in [-0.39, 0.29) is 0 Å². The molecule has 0 radical (unpaired) electrons. The van der Waals surface area contributed by atoms with E-state index in [2.05, 4.69) is 74.5 Å². The van der Waals surface area contributed by atoms with Gasteiger partial charge >= 0.3 is 0 Å². The smallest absolute Gasteiger partial charge is 0.119 e. The highest BCUT2D eigenvalue weighted by molar-refractivity contribution is 5.50. The van der Waals surface area contributed by atoms with E-state index in [1.807, 2.05) is 0 Å². The van der Waals surface area contributed by atoms with Gasteiger partial charge in [0.25, 0.3) is 0 Å². The van der Waals surface area contributed by atoms with Gasteiger partial charge in [-0.1, -0.05) is 133 Å². The van der Waals surface area contributed by atoms with E-state index in [1.54, 1.807) is 0 Å². The van der Waals surface area contributed by atoms with Crippen LogP contribution in [0.15, 0.2) is 54.6 Å².